The van der Waals surface area contributed by atoms with Gasteiger partial charge in [-0.1, -0.05) is 12.8 Å². The Bertz CT molecular complexity index is 1280. The normalized spacial score (nSPS) is 14.5. The molecule has 0 saturated carbocycles. The standard InChI is InChI=1S/C22H23N3O4S2/c1-13(26)25-31(28,29)16-10-8-14(9-11-16)20(27)21-19(23)17-12-15-6-4-2-3-5-7-18(15)24-22(17)30-21/h8-12H,2-7,23H2,1H3,(H,25,26). The zero-order valence-electron chi connectivity index (χ0n) is 17.1. The number of nitrogens with two attached hydrogens (primary N) is 1. The number of carbonyl (C=O) groups is 2. The second kappa shape index (κ2) is 8.39. The molecule has 1 aromatic carbocycles. The van der Waals surface area contributed by atoms with E-state index in [1.807, 2.05) is 4.72 Å². The van der Waals surface area contributed by atoms with Crippen LogP contribution in [0.25, 0.3) is 10.2 Å². The summed E-state index contributed by atoms with van der Waals surface area (Å²) in [5.74, 6) is -0.962. The molecule has 0 atom stereocenters. The van der Waals surface area contributed by atoms with Crippen LogP contribution in [0, 0.1) is 0 Å². The van der Waals surface area contributed by atoms with Crippen molar-refractivity contribution >= 4 is 49.0 Å². The number of aromatic nitrogens is 1. The number of anilines is 1. The summed E-state index contributed by atoms with van der Waals surface area (Å²) in [5, 5.41) is 0.803. The first-order valence-corrected chi connectivity index (χ1v) is 12.4. The van der Waals surface area contributed by atoms with Crippen molar-refractivity contribution in [1.82, 2.24) is 9.71 Å². The number of nitrogen functional groups attached to an aromatic ring is 1. The highest BCUT2D eigenvalue weighted by atomic mass is 32.2. The summed E-state index contributed by atoms with van der Waals surface area (Å²) in [6.45, 7) is 1.12. The van der Waals surface area contributed by atoms with Gasteiger partial charge in [-0.25, -0.2) is 18.1 Å². The Morgan fingerprint density at radius 2 is 1.74 bits per heavy atom. The minimum absolute atomic E-state index is 0.0926. The van der Waals surface area contributed by atoms with E-state index in [9.17, 15) is 18.0 Å². The second-order valence-corrected chi connectivity index (χ2v) is 10.4. The lowest BCUT2D eigenvalue weighted by Gasteiger charge is -2.12. The Morgan fingerprint density at radius 3 is 2.42 bits per heavy atom. The predicted octanol–water partition coefficient (Wildman–Crippen LogP) is 3.59. The number of nitrogens with one attached hydrogen (secondary N) is 1. The van der Waals surface area contributed by atoms with Crippen molar-refractivity contribution in [3.05, 3.63) is 52.0 Å². The van der Waals surface area contributed by atoms with Crippen molar-refractivity contribution < 1.29 is 18.0 Å². The molecule has 162 valence electrons. The van der Waals surface area contributed by atoms with Crippen molar-refractivity contribution in [2.75, 3.05) is 5.73 Å². The lowest BCUT2D eigenvalue weighted by molar-refractivity contribution is -0.117. The van der Waals surface area contributed by atoms with Crippen LogP contribution in [0.3, 0.4) is 0 Å². The van der Waals surface area contributed by atoms with E-state index in [0.29, 0.717) is 16.1 Å². The molecule has 4 rings (SSSR count). The number of hydrogen-bond donors (Lipinski definition) is 2. The molecule has 7 nitrogen and oxygen atoms in total. The molecular weight excluding hydrogens is 434 g/mol. The monoisotopic (exact) mass is 457 g/mol. The number of hydrogen-bond acceptors (Lipinski definition) is 7. The molecule has 1 amide bonds. The fourth-order valence-electron chi connectivity index (χ4n) is 3.85. The van der Waals surface area contributed by atoms with Crippen molar-refractivity contribution in [2.24, 2.45) is 0 Å². The Kier molecular flexibility index (Phi) is 5.81. The zero-order valence-corrected chi connectivity index (χ0v) is 18.7. The van der Waals surface area contributed by atoms with Crippen molar-refractivity contribution in [3.8, 4) is 0 Å². The van der Waals surface area contributed by atoms with Crippen LogP contribution in [-0.2, 0) is 27.7 Å². The van der Waals surface area contributed by atoms with Gasteiger partial charge in [0.1, 0.15) is 9.71 Å². The maximum absolute atomic E-state index is 13.1. The van der Waals surface area contributed by atoms with Gasteiger partial charge in [0, 0.05) is 23.6 Å². The van der Waals surface area contributed by atoms with Gasteiger partial charge in [-0.2, -0.15) is 0 Å². The van der Waals surface area contributed by atoms with Gasteiger partial charge < -0.3 is 5.73 Å². The molecule has 0 fully saturated rings. The van der Waals surface area contributed by atoms with Crippen LogP contribution in [-0.4, -0.2) is 25.1 Å². The molecule has 3 N–H and O–H groups in total. The van der Waals surface area contributed by atoms with Gasteiger partial charge in [0.2, 0.25) is 11.7 Å². The average molecular weight is 458 g/mol. The molecule has 9 heteroatoms. The quantitative estimate of drug-likeness (QED) is 0.578. The maximum atomic E-state index is 13.1. The van der Waals surface area contributed by atoms with Gasteiger partial charge in [0.25, 0.3) is 10.0 Å². The van der Waals surface area contributed by atoms with E-state index in [1.165, 1.54) is 54.0 Å². The number of thiophene rings is 1. The van der Waals surface area contributed by atoms with Crippen LogP contribution in [0.4, 0.5) is 5.69 Å². The van der Waals surface area contributed by atoms with Crippen LogP contribution in [0.15, 0.2) is 35.2 Å². The van der Waals surface area contributed by atoms with Gasteiger partial charge in [0.05, 0.1) is 10.6 Å². The molecule has 1 aliphatic carbocycles. The number of carbonyl (C=O) groups excluding carboxylic acids is 2. The van der Waals surface area contributed by atoms with Crippen LogP contribution >= 0.6 is 11.3 Å². The number of rotatable bonds is 4. The summed E-state index contributed by atoms with van der Waals surface area (Å²) in [4.78, 5) is 30.1. The van der Waals surface area contributed by atoms with Crippen LogP contribution in [0.1, 0.15) is 59.1 Å². The smallest absolute Gasteiger partial charge is 0.264 e. The number of fused-ring (bicyclic) bond motifs is 2. The summed E-state index contributed by atoms with van der Waals surface area (Å²) in [6, 6.07) is 7.52. The highest BCUT2D eigenvalue weighted by Gasteiger charge is 2.22. The highest BCUT2D eigenvalue weighted by Crippen LogP contribution is 2.36. The predicted molar refractivity (Wildman–Crippen MR) is 121 cm³/mol. The van der Waals surface area contributed by atoms with Gasteiger partial charge in [-0.15, -0.1) is 11.3 Å². The third-order valence-corrected chi connectivity index (χ3v) is 7.97. The molecule has 0 saturated heterocycles. The summed E-state index contributed by atoms with van der Waals surface area (Å²) in [7, 11) is -3.95. The van der Waals surface area contributed by atoms with Crippen LogP contribution in [0.2, 0.25) is 0 Å². The van der Waals surface area contributed by atoms with E-state index >= 15 is 0 Å². The minimum atomic E-state index is -3.95. The minimum Gasteiger partial charge on any atom is -0.397 e. The summed E-state index contributed by atoms with van der Waals surface area (Å²) >= 11 is 1.27. The first-order chi connectivity index (χ1) is 14.8. The lowest BCUT2D eigenvalue weighted by atomic mass is 9.96. The van der Waals surface area contributed by atoms with Gasteiger partial charge >= 0.3 is 0 Å². The topological polar surface area (TPSA) is 119 Å². The number of amides is 1. The Hall–Kier alpha value is -2.78. The maximum Gasteiger partial charge on any atom is 0.264 e. The van der Waals surface area contributed by atoms with Crippen LogP contribution in [0.5, 0.6) is 0 Å². The van der Waals surface area contributed by atoms with E-state index in [0.717, 1.165) is 48.5 Å². The first kappa shape index (κ1) is 21.5. The number of benzene rings is 1. The summed E-state index contributed by atoms with van der Waals surface area (Å²) in [5.41, 5.74) is 9.38. The average Bonchev–Trinajstić information content (AvgIpc) is 3.02. The zero-order chi connectivity index (χ0) is 22.2. The fourth-order valence-corrected chi connectivity index (χ4v) is 5.90. The van der Waals surface area contributed by atoms with E-state index < -0.39 is 15.9 Å². The van der Waals surface area contributed by atoms with Gasteiger partial charge in [0.15, 0.2) is 0 Å². The molecule has 0 aliphatic heterocycles. The van der Waals surface area contributed by atoms with E-state index in [-0.39, 0.29) is 10.7 Å². The molecule has 3 aromatic rings. The number of pyridine rings is 1. The summed E-state index contributed by atoms with van der Waals surface area (Å²) < 4.78 is 26.1. The molecule has 0 radical (unpaired) electrons. The Morgan fingerprint density at radius 1 is 1.06 bits per heavy atom. The lowest BCUT2D eigenvalue weighted by Crippen LogP contribution is -2.28. The fraction of sp³-hybridized carbons (Fsp3) is 0.318. The van der Waals surface area contributed by atoms with Crippen molar-refractivity contribution in [3.63, 3.8) is 0 Å². The number of sulfonamides is 1. The van der Waals surface area contributed by atoms with Crippen molar-refractivity contribution in [1.29, 1.82) is 0 Å². The molecular formula is C22H23N3O4S2. The van der Waals surface area contributed by atoms with E-state index in [2.05, 4.69) is 6.07 Å². The molecule has 0 bridgehead atoms. The van der Waals surface area contributed by atoms with E-state index in [1.54, 1.807) is 0 Å². The van der Waals surface area contributed by atoms with Gasteiger partial charge in [-0.05, 0) is 61.6 Å². The first-order valence-electron chi connectivity index (χ1n) is 10.1. The largest absolute Gasteiger partial charge is 0.397 e. The third-order valence-electron chi connectivity index (χ3n) is 5.41. The Balaban J connectivity index is 1.67. The third kappa shape index (κ3) is 4.33. The molecule has 1 aliphatic rings. The molecule has 2 aromatic heterocycles. The van der Waals surface area contributed by atoms with Gasteiger partial charge in [-0.3, -0.25) is 9.59 Å². The van der Waals surface area contributed by atoms with Crippen LogP contribution < -0.4 is 10.5 Å². The second-order valence-electron chi connectivity index (χ2n) is 7.72. The summed E-state index contributed by atoms with van der Waals surface area (Å²) in [6.07, 6.45) is 6.59. The highest BCUT2D eigenvalue weighted by molar-refractivity contribution is 7.90. The molecule has 2 heterocycles. The number of aryl methyl sites for hydroxylation is 2. The Labute approximate surface area is 184 Å². The molecule has 0 unspecified atom stereocenters. The van der Waals surface area contributed by atoms with E-state index in [4.69, 9.17) is 10.7 Å². The number of ketones is 1. The molecule has 31 heavy (non-hydrogen) atoms. The SMILES string of the molecule is CC(=O)NS(=O)(=O)c1ccc(C(=O)c2sc3nc4c(cc3c2N)CCCCCC4)cc1. The number of nitrogens with zero attached hydrogens (tertiary/aromatic N) is 1. The van der Waals surface area contributed by atoms with Crippen molar-refractivity contribution in [2.45, 2.75) is 50.3 Å². The molecule has 0 spiro atoms.